The van der Waals surface area contributed by atoms with Crippen LogP contribution in [0.5, 0.6) is 17.2 Å². The van der Waals surface area contributed by atoms with Crippen LogP contribution < -0.4 is 19.5 Å². The molecule has 156 valence electrons. The van der Waals surface area contributed by atoms with Crippen LogP contribution >= 0.6 is 0 Å². The van der Waals surface area contributed by atoms with Gasteiger partial charge in [-0.15, -0.1) is 5.10 Å². The molecule has 3 heterocycles. The number of rotatable bonds is 3. The van der Waals surface area contributed by atoms with Crippen LogP contribution in [0.15, 0.2) is 53.7 Å². The fourth-order valence-corrected chi connectivity index (χ4v) is 4.43. The van der Waals surface area contributed by atoms with Gasteiger partial charge in [0.1, 0.15) is 11.8 Å². The summed E-state index contributed by atoms with van der Waals surface area (Å²) in [6.45, 7) is 0.201. The zero-order chi connectivity index (χ0) is 20.9. The summed E-state index contributed by atoms with van der Waals surface area (Å²) >= 11 is 0. The number of allylic oxidation sites excluding steroid dienone is 2. The molecule has 3 aliphatic rings. The van der Waals surface area contributed by atoms with Crippen molar-refractivity contribution in [3.63, 3.8) is 0 Å². The van der Waals surface area contributed by atoms with Crippen LogP contribution in [-0.2, 0) is 4.79 Å². The third-order valence-electron chi connectivity index (χ3n) is 5.91. The van der Waals surface area contributed by atoms with Gasteiger partial charge in [-0.3, -0.25) is 4.79 Å². The highest BCUT2D eigenvalue weighted by Gasteiger charge is 2.37. The van der Waals surface area contributed by atoms with E-state index in [1.165, 1.54) is 0 Å². The average Bonchev–Trinajstić information content (AvgIpc) is 3.44. The van der Waals surface area contributed by atoms with Gasteiger partial charge < -0.3 is 19.5 Å². The van der Waals surface area contributed by atoms with E-state index in [4.69, 9.17) is 24.3 Å². The molecule has 8 heteroatoms. The number of ether oxygens (including phenoxy) is 3. The van der Waals surface area contributed by atoms with Crippen LogP contribution in [0, 0.1) is 0 Å². The number of nitrogens with one attached hydrogen (secondary N) is 1. The standard InChI is InChI=1S/C23H20N4O4/c1-29-15-5-2-4-14(10-15)22-25-23-24-16-6-3-7-17(28)20(16)21(27(23)26-22)13-8-9-18-19(11-13)31-12-30-18/h2,4-5,8-11,21H,3,6-7,12H2,1H3,(H,24,25,26). The van der Waals surface area contributed by atoms with E-state index in [1.54, 1.807) is 11.8 Å². The fourth-order valence-electron chi connectivity index (χ4n) is 4.43. The van der Waals surface area contributed by atoms with E-state index in [-0.39, 0.29) is 18.6 Å². The summed E-state index contributed by atoms with van der Waals surface area (Å²) in [4.78, 5) is 17.7. The Morgan fingerprint density at radius 3 is 2.94 bits per heavy atom. The number of ketones is 1. The molecule has 0 bridgehead atoms. The predicted molar refractivity (Wildman–Crippen MR) is 112 cm³/mol. The first kappa shape index (κ1) is 18.0. The van der Waals surface area contributed by atoms with Gasteiger partial charge in [0.15, 0.2) is 23.1 Å². The summed E-state index contributed by atoms with van der Waals surface area (Å²) in [5.41, 5.74) is 3.43. The Morgan fingerprint density at radius 1 is 1.13 bits per heavy atom. The summed E-state index contributed by atoms with van der Waals surface area (Å²) in [5, 5.41) is 8.16. The molecule has 0 radical (unpaired) electrons. The fraction of sp³-hybridized carbons (Fsp3) is 0.261. The number of methoxy groups -OCH3 is 1. The smallest absolute Gasteiger partial charge is 0.231 e. The van der Waals surface area contributed by atoms with Crippen LogP contribution in [0.3, 0.4) is 0 Å². The topological polar surface area (TPSA) is 87.5 Å². The molecule has 1 aliphatic carbocycles. The van der Waals surface area contributed by atoms with Crippen molar-refractivity contribution in [3.8, 4) is 28.6 Å². The van der Waals surface area contributed by atoms with Crippen molar-refractivity contribution in [2.24, 2.45) is 0 Å². The number of hydrogen-bond acceptors (Lipinski definition) is 7. The molecule has 8 nitrogen and oxygen atoms in total. The minimum absolute atomic E-state index is 0.139. The van der Waals surface area contributed by atoms with Gasteiger partial charge in [0.05, 0.1) is 7.11 Å². The Kier molecular flexibility index (Phi) is 3.99. The van der Waals surface area contributed by atoms with Crippen LogP contribution in [0.1, 0.15) is 30.9 Å². The molecule has 0 spiro atoms. The lowest BCUT2D eigenvalue weighted by Crippen LogP contribution is -2.31. The highest BCUT2D eigenvalue weighted by Crippen LogP contribution is 2.43. The first-order chi connectivity index (χ1) is 15.2. The average molecular weight is 416 g/mol. The first-order valence-corrected chi connectivity index (χ1v) is 10.2. The maximum Gasteiger partial charge on any atom is 0.231 e. The molecule has 3 aromatic rings. The van der Waals surface area contributed by atoms with Crippen molar-refractivity contribution in [2.75, 3.05) is 19.2 Å². The second-order valence-electron chi connectivity index (χ2n) is 7.74. The van der Waals surface area contributed by atoms with Crippen molar-refractivity contribution < 1.29 is 19.0 Å². The minimum atomic E-state index is -0.375. The largest absolute Gasteiger partial charge is 0.497 e. The molecule has 0 saturated heterocycles. The third-order valence-corrected chi connectivity index (χ3v) is 5.91. The SMILES string of the molecule is COc1cccc(-c2nc3n(n2)C(c2ccc4c(c2)OCO4)C2=C(CCCC2=O)N3)c1. The molecule has 6 rings (SSSR count). The van der Waals surface area contributed by atoms with Gasteiger partial charge >= 0.3 is 0 Å². The zero-order valence-electron chi connectivity index (χ0n) is 16.9. The maximum atomic E-state index is 13.0. The van der Waals surface area contributed by atoms with Gasteiger partial charge in [-0.1, -0.05) is 18.2 Å². The van der Waals surface area contributed by atoms with Crippen LogP contribution in [0.4, 0.5) is 5.95 Å². The molecule has 1 unspecified atom stereocenters. The van der Waals surface area contributed by atoms with Gasteiger partial charge in [0.25, 0.3) is 0 Å². The van der Waals surface area contributed by atoms with Crippen molar-refractivity contribution in [3.05, 3.63) is 59.3 Å². The number of nitrogens with zero attached hydrogens (tertiary/aromatic N) is 3. The molecule has 1 aromatic heterocycles. The normalized spacial score (nSPS) is 19.0. The lowest BCUT2D eigenvalue weighted by atomic mass is 9.85. The Hall–Kier alpha value is -3.81. The van der Waals surface area contributed by atoms with Crippen LogP contribution in [-0.4, -0.2) is 34.5 Å². The summed E-state index contributed by atoms with van der Waals surface area (Å²) in [5.74, 6) is 3.45. The minimum Gasteiger partial charge on any atom is -0.497 e. The summed E-state index contributed by atoms with van der Waals surface area (Å²) in [7, 11) is 1.63. The molecule has 1 N–H and O–H groups in total. The van der Waals surface area contributed by atoms with Crippen LogP contribution in [0.25, 0.3) is 11.4 Å². The lowest BCUT2D eigenvalue weighted by Gasteiger charge is -2.32. The van der Waals surface area contributed by atoms with E-state index >= 15 is 0 Å². The summed E-state index contributed by atoms with van der Waals surface area (Å²) in [6.07, 6.45) is 2.17. The molecule has 2 aromatic carbocycles. The van der Waals surface area contributed by atoms with Crippen molar-refractivity contribution in [1.29, 1.82) is 0 Å². The van der Waals surface area contributed by atoms with Crippen molar-refractivity contribution in [2.45, 2.75) is 25.3 Å². The third kappa shape index (κ3) is 2.86. The molecule has 0 saturated carbocycles. The lowest BCUT2D eigenvalue weighted by molar-refractivity contribution is -0.116. The quantitative estimate of drug-likeness (QED) is 0.696. The number of carbonyl (C=O) groups is 1. The number of aromatic nitrogens is 3. The van der Waals surface area contributed by atoms with Crippen molar-refractivity contribution >= 4 is 11.7 Å². The van der Waals surface area contributed by atoms with E-state index in [1.807, 2.05) is 42.5 Å². The highest BCUT2D eigenvalue weighted by molar-refractivity contribution is 5.99. The summed E-state index contributed by atoms with van der Waals surface area (Å²) in [6, 6.07) is 13.0. The zero-order valence-corrected chi connectivity index (χ0v) is 16.9. The predicted octanol–water partition coefficient (Wildman–Crippen LogP) is 3.70. The number of fused-ring (bicyclic) bond motifs is 2. The Labute approximate surface area is 178 Å². The Morgan fingerprint density at radius 2 is 2.03 bits per heavy atom. The van der Waals surface area contributed by atoms with Gasteiger partial charge in [-0.25, -0.2) is 4.68 Å². The second kappa shape index (κ2) is 6.87. The number of anilines is 1. The van der Waals surface area contributed by atoms with Crippen LogP contribution in [0.2, 0.25) is 0 Å². The van der Waals surface area contributed by atoms with E-state index in [0.717, 1.165) is 41.0 Å². The Bertz CT molecular complexity index is 1250. The Balaban J connectivity index is 1.50. The molecular formula is C23H20N4O4. The summed E-state index contributed by atoms with van der Waals surface area (Å²) < 4.78 is 18.2. The first-order valence-electron chi connectivity index (χ1n) is 10.2. The number of hydrogen-bond donors (Lipinski definition) is 1. The molecule has 0 fully saturated rings. The van der Waals surface area contributed by atoms with E-state index in [0.29, 0.717) is 29.7 Å². The maximum absolute atomic E-state index is 13.0. The van der Waals surface area contributed by atoms with Gasteiger partial charge in [-0.2, -0.15) is 4.98 Å². The molecule has 0 amide bonds. The van der Waals surface area contributed by atoms with Gasteiger partial charge in [0, 0.05) is 23.3 Å². The van der Waals surface area contributed by atoms with E-state index < -0.39 is 0 Å². The molecule has 2 aliphatic heterocycles. The highest BCUT2D eigenvalue weighted by atomic mass is 16.7. The van der Waals surface area contributed by atoms with Gasteiger partial charge in [-0.05, 0) is 42.7 Å². The van der Waals surface area contributed by atoms with Gasteiger partial charge in [0.2, 0.25) is 12.7 Å². The van der Waals surface area contributed by atoms with Crippen molar-refractivity contribution in [1.82, 2.24) is 14.8 Å². The molecule has 31 heavy (non-hydrogen) atoms. The number of Topliss-reactive ketones (excluding diaryl/α,β-unsaturated/α-hetero) is 1. The number of carbonyl (C=O) groups excluding carboxylic acids is 1. The van der Waals surface area contributed by atoms with E-state index in [9.17, 15) is 4.79 Å². The monoisotopic (exact) mass is 416 g/mol. The number of benzene rings is 2. The van der Waals surface area contributed by atoms with E-state index in [2.05, 4.69) is 5.32 Å². The molecular weight excluding hydrogens is 396 g/mol. The molecule has 1 atom stereocenters. The second-order valence-corrected chi connectivity index (χ2v) is 7.74.